The number of anilines is 1. The van der Waals surface area contributed by atoms with Crippen molar-refractivity contribution in [3.05, 3.63) is 57.7 Å². The Hall–Kier alpha value is -2.55. The standard InChI is InChI=1S/C28H38N2O/c1-17(2)29-25-14-12-23(13-15-25)27-21(6)19(4)26(20(5)22(27)7)16-18(3)28(31)30-24-10-8-9-11-24/h12-17,24,29H,8-11H2,1-7H3,(H,30,31)/b18-16+. The van der Waals surface area contributed by atoms with Crippen LogP contribution in [0.25, 0.3) is 17.2 Å². The lowest BCUT2D eigenvalue weighted by molar-refractivity contribution is -0.118. The van der Waals surface area contributed by atoms with Gasteiger partial charge in [-0.05, 0) is 118 Å². The van der Waals surface area contributed by atoms with Crippen LogP contribution in [-0.2, 0) is 4.79 Å². The van der Waals surface area contributed by atoms with Gasteiger partial charge in [0.05, 0.1) is 0 Å². The fraction of sp³-hybridized carbons (Fsp3) is 0.464. The number of rotatable bonds is 6. The summed E-state index contributed by atoms with van der Waals surface area (Å²) >= 11 is 0. The highest BCUT2D eigenvalue weighted by Gasteiger charge is 2.19. The van der Waals surface area contributed by atoms with Crippen LogP contribution in [0, 0.1) is 27.7 Å². The Labute approximate surface area is 188 Å². The molecule has 0 atom stereocenters. The van der Waals surface area contributed by atoms with E-state index in [0.29, 0.717) is 12.1 Å². The minimum absolute atomic E-state index is 0.0679. The smallest absolute Gasteiger partial charge is 0.247 e. The van der Waals surface area contributed by atoms with Crippen molar-refractivity contribution >= 4 is 17.7 Å². The molecule has 1 aliphatic rings. The molecular weight excluding hydrogens is 380 g/mol. The lowest BCUT2D eigenvalue weighted by Crippen LogP contribution is -2.33. The fourth-order valence-electron chi connectivity index (χ4n) is 4.71. The third-order valence-electron chi connectivity index (χ3n) is 6.72. The second-order valence-electron chi connectivity index (χ2n) is 9.45. The van der Waals surface area contributed by atoms with Gasteiger partial charge in [0.2, 0.25) is 5.91 Å². The van der Waals surface area contributed by atoms with E-state index in [9.17, 15) is 4.79 Å². The molecule has 1 amide bonds. The monoisotopic (exact) mass is 418 g/mol. The van der Waals surface area contributed by atoms with Gasteiger partial charge in [-0.25, -0.2) is 0 Å². The maximum atomic E-state index is 12.7. The molecule has 3 rings (SSSR count). The maximum Gasteiger partial charge on any atom is 0.247 e. The van der Waals surface area contributed by atoms with Crippen molar-refractivity contribution in [2.45, 2.75) is 86.2 Å². The zero-order valence-electron chi connectivity index (χ0n) is 20.3. The van der Waals surface area contributed by atoms with Crippen LogP contribution in [0.5, 0.6) is 0 Å². The Kier molecular flexibility index (Phi) is 7.25. The molecule has 1 aliphatic carbocycles. The number of benzene rings is 2. The van der Waals surface area contributed by atoms with Gasteiger partial charge in [0.15, 0.2) is 0 Å². The normalized spacial score (nSPS) is 14.9. The predicted molar refractivity (Wildman–Crippen MR) is 134 cm³/mol. The van der Waals surface area contributed by atoms with Crippen LogP contribution >= 0.6 is 0 Å². The molecule has 3 nitrogen and oxygen atoms in total. The summed E-state index contributed by atoms with van der Waals surface area (Å²) in [6.07, 6.45) is 6.74. The number of amides is 1. The highest BCUT2D eigenvalue weighted by atomic mass is 16.1. The molecular formula is C28H38N2O. The highest BCUT2D eigenvalue weighted by molar-refractivity contribution is 5.98. The molecule has 0 heterocycles. The SMILES string of the molecule is C/C(=C\c1c(C)c(C)c(-c2ccc(NC(C)C)cc2)c(C)c1C)C(=O)NC1CCCC1. The van der Waals surface area contributed by atoms with Crippen molar-refractivity contribution in [3.8, 4) is 11.1 Å². The molecule has 0 aromatic heterocycles. The maximum absolute atomic E-state index is 12.7. The minimum atomic E-state index is 0.0679. The molecule has 31 heavy (non-hydrogen) atoms. The lowest BCUT2D eigenvalue weighted by atomic mass is 9.85. The molecule has 2 aromatic rings. The quantitative estimate of drug-likeness (QED) is 0.503. The summed E-state index contributed by atoms with van der Waals surface area (Å²) in [6, 6.07) is 9.48. The molecule has 166 valence electrons. The molecule has 3 heteroatoms. The number of carbonyl (C=O) groups excluding carboxylic acids is 1. The van der Waals surface area contributed by atoms with Crippen LogP contribution in [-0.4, -0.2) is 18.0 Å². The topological polar surface area (TPSA) is 41.1 Å². The molecule has 0 aliphatic heterocycles. The van der Waals surface area contributed by atoms with Crippen molar-refractivity contribution in [2.24, 2.45) is 0 Å². The number of carbonyl (C=O) groups is 1. The van der Waals surface area contributed by atoms with E-state index in [1.54, 1.807) is 0 Å². The zero-order chi connectivity index (χ0) is 22.7. The summed E-state index contributed by atoms with van der Waals surface area (Å²) < 4.78 is 0. The summed E-state index contributed by atoms with van der Waals surface area (Å²) in [4.78, 5) is 12.7. The zero-order valence-corrected chi connectivity index (χ0v) is 20.3. The highest BCUT2D eigenvalue weighted by Crippen LogP contribution is 2.36. The average Bonchev–Trinajstić information content (AvgIpc) is 3.23. The second kappa shape index (κ2) is 9.72. The summed E-state index contributed by atoms with van der Waals surface area (Å²) in [5, 5.41) is 6.67. The first kappa shape index (κ1) is 23.1. The summed E-state index contributed by atoms with van der Waals surface area (Å²) in [7, 11) is 0. The first-order chi connectivity index (χ1) is 14.7. The van der Waals surface area contributed by atoms with Gasteiger partial charge in [-0.1, -0.05) is 25.0 Å². The average molecular weight is 419 g/mol. The molecule has 1 fully saturated rings. The van der Waals surface area contributed by atoms with Crippen LogP contribution in [0.3, 0.4) is 0 Å². The van der Waals surface area contributed by atoms with Gasteiger partial charge in [0.25, 0.3) is 0 Å². The van der Waals surface area contributed by atoms with E-state index in [4.69, 9.17) is 0 Å². The van der Waals surface area contributed by atoms with Gasteiger partial charge in [-0.2, -0.15) is 0 Å². The van der Waals surface area contributed by atoms with Crippen LogP contribution in [0.4, 0.5) is 5.69 Å². The number of hydrogen-bond donors (Lipinski definition) is 2. The van der Waals surface area contributed by atoms with Crippen molar-refractivity contribution in [2.75, 3.05) is 5.32 Å². The molecule has 1 saturated carbocycles. The molecule has 0 radical (unpaired) electrons. The summed E-state index contributed by atoms with van der Waals surface area (Å²) in [5.41, 5.74) is 10.7. The lowest BCUT2D eigenvalue weighted by Gasteiger charge is -2.20. The Balaban J connectivity index is 1.93. The van der Waals surface area contributed by atoms with E-state index in [1.807, 2.05) is 6.92 Å². The minimum Gasteiger partial charge on any atom is -0.383 e. The van der Waals surface area contributed by atoms with E-state index < -0.39 is 0 Å². The van der Waals surface area contributed by atoms with E-state index in [1.165, 1.54) is 51.8 Å². The molecule has 2 aromatic carbocycles. The van der Waals surface area contributed by atoms with Gasteiger partial charge in [0.1, 0.15) is 0 Å². The van der Waals surface area contributed by atoms with Crippen LogP contribution in [0.1, 0.15) is 74.3 Å². The van der Waals surface area contributed by atoms with Crippen molar-refractivity contribution in [1.82, 2.24) is 5.32 Å². The fourth-order valence-corrected chi connectivity index (χ4v) is 4.71. The Morgan fingerprint density at radius 2 is 1.48 bits per heavy atom. The van der Waals surface area contributed by atoms with Gasteiger partial charge >= 0.3 is 0 Å². The van der Waals surface area contributed by atoms with E-state index in [0.717, 1.165) is 24.1 Å². The van der Waals surface area contributed by atoms with Gasteiger partial charge in [-0.3, -0.25) is 4.79 Å². The van der Waals surface area contributed by atoms with Gasteiger partial charge < -0.3 is 10.6 Å². The van der Waals surface area contributed by atoms with Crippen molar-refractivity contribution in [3.63, 3.8) is 0 Å². The van der Waals surface area contributed by atoms with Gasteiger partial charge in [-0.15, -0.1) is 0 Å². The largest absolute Gasteiger partial charge is 0.383 e. The Morgan fingerprint density at radius 3 is 2.00 bits per heavy atom. The number of nitrogens with one attached hydrogen (secondary N) is 2. The van der Waals surface area contributed by atoms with Gasteiger partial charge in [0, 0.05) is 23.3 Å². The Bertz CT molecular complexity index is 948. The first-order valence-corrected chi connectivity index (χ1v) is 11.7. The molecule has 0 spiro atoms. The van der Waals surface area contributed by atoms with Crippen LogP contribution < -0.4 is 10.6 Å². The summed E-state index contributed by atoms with van der Waals surface area (Å²) in [5.74, 6) is 0.0679. The summed E-state index contributed by atoms with van der Waals surface area (Å²) in [6.45, 7) is 15.0. The second-order valence-corrected chi connectivity index (χ2v) is 9.45. The van der Waals surface area contributed by atoms with E-state index in [2.05, 4.69) is 82.5 Å². The molecule has 0 unspecified atom stereocenters. The van der Waals surface area contributed by atoms with Crippen molar-refractivity contribution < 1.29 is 4.79 Å². The predicted octanol–water partition coefficient (Wildman–Crippen LogP) is 6.87. The van der Waals surface area contributed by atoms with Crippen molar-refractivity contribution in [1.29, 1.82) is 0 Å². The third-order valence-corrected chi connectivity index (χ3v) is 6.72. The van der Waals surface area contributed by atoms with Crippen LogP contribution in [0.2, 0.25) is 0 Å². The molecule has 0 saturated heterocycles. The first-order valence-electron chi connectivity index (χ1n) is 11.7. The molecule has 0 bridgehead atoms. The Morgan fingerprint density at radius 1 is 0.935 bits per heavy atom. The van der Waals surface area contributed by atoms with E-state index >= 15 is 0 Å². The van der Waals surface area contributed by atoms with Crippen LogP contribution in [0.15, 0.2) is 29.8 Å². The molecule has 2 N–H and O–H groups in total. The number of hydrogen-bond acceptors (Lipinski definition) is 2. The van der Waals surface area contributed by atoms with E-state index in [-0.39, 0.29) is 5.91 Å². The third kappa shape index (κ3) is 5.20.